The zero-order valence-electron chi connectivity index (χ0n) is 5.07. The average Bonchev–Trinajstić information content (AvgIpc) is 1.68. The lowest BCUT2D eigenvalue weighted by Gasteiger charge is -1.99. The van der Waals surface area contributed by atoms with E-state index in [9.17, 15) is 0 Å². The summed E-state index contributed by atoms with van der Waals surface area (Å²) in [7, 11) is 0. The Labute approximate surface area is 55.0 Å². The smallest absolute Gasteiger partial charge is 0.122 e. The van der Waals surface area contributed by atoms with Crippen LogP contribution in [0.2, 0.25) is 0 Å². The molecule has 0 radical (unpaired) electrons. The Bertz CT molecular complexity index is 101. The molecule has 0 N–H and O–H groups in total. The molecule has 0 aliphatic carbocycles. The SMILES string of the molecule is CC#CC(C)OCCl. The van der Waals surface area contributed by atoms with Crippen molar-refractivity contribution in [3.05, 3.63) is 0 Å². The molecule has 0 amide bonds. The van der Waals surface area contributed by atoms with Gasteiger partial charge in [-0.15, -0.1) is 5.92 Å². The molecule has 1 unspecified atom stereocenters. The first-order valence-electron chi connectivity index (χ1n) is 2.41. The Hall–Kier alpha value is -0.190. The van der Waals surface area contributed by atoms with Gasteiger partial charge < -0.3 is 4.74 Å². The number of halogens is 1. The van der Waals surface area contributed by atoms with Crippen LogP contribution >= 0.6 is 11.6 Å². The molecule has 0 saturated carbocycles. The fraction of sp³-hybridized carbons (Fsp3) is 0.667. The average molecular weight is 133 g/mol. The number of ether oxygens (including phenoxy) is 1. The Morgan fingerprint density at radius 1 is 1.75 bits per heavy atom. The summed E-state index contributed by atoms with van der Waals surface area (Å²) in [6, 6.07) is 0.218. The molecule has 0 aliphatic heterocycles. The molecular weight excluding hydrogens is 124 g/mol. The van der Waals surface area contributed by atoms with E-state index in [1.807, 2.05) is 6.92 Å². The summed E-state index contributed by atoms with van der Waals surface area (Å²) in [5, 5.41) is 0. The van der Waals surface area contributed by atoms with Gasteiger partial charge in [-0.25, -0.2) is 0 Å². The summed E-state index contributed by atoms with van der Waals surface area (Å²) in [6.45, 7) is 3.63. The van der Waals surface area contributed by atoms with Crippen molar-refractivity contribution in [2.75, 3.05) is 6.07 Å². The molecule has 46 valence electrons. The van der Waals surface area contributed by atoms with Crippen molar-refractivity contribution in [1.29, 1.82) is 0 Å². The molecule has 0 aliphatic rings. The molecule has 0 aromatic rings. The van der Waals surface area contributed by atoms with Gasteiger partial charge in [0.2, 0.25) is 0 Å². The summed E-state index contributed by atoms with van der Waals surface area (Å²) in [4.78, 5) is 0. The molecule has 0 saturated heterocycles. The Morgan fingerprint density at radius 3 is 2.75 bits per heavy atom. The van der Waals surface area contributed by atoms with Gasteiger partial charge in [0.15, 0.2) is 0 Å². The molecule has 0 aromatic heterocycles. The van der Waals surface area contributed by atoms with Crippen molar-refractivity contribution >= 4 is 11.6 Å². The highest BCUT2D eigenvalue weighted by Crippen LogP contribution is 1.88. The van der Waals surface area contributed by atoms with E-state index < -0.39 is 0 Å². The number of rotatable bonds is 2. The third-order valence-electron chi connectivity index (χ3n) is 0.661. The maximum atomic E-state index is 5.24. The lowest BCUT2D eigenvalue weighted by molar-refractivity contribution is 0.145. The third kappa shape index (κ3) is 3.98. The number of alkyl halides is 1. The van der Waals surface area contributed by atoms with E-state index in [1.165, 1.54) is 0 Å². The van der Waals surface area contributed by atoms with Gasteiger partial charge in [0.05, 0.1) is 0 Å². The van der Waals surface area contributed by atoms with E-state index in [0.717, 1.165) is 0 Å². The molecule has 2 heteroatoms. The fourth-order valence-electron chi connectivity index (χ4n) is 0.339. The van der Waals surface area contributed by atoms with E-state index >= 15 is 0 Å². The van der Waals surface area contributed by atoms with Gasteiger partial charge >= 0.3 is 0 Å². The van der Waals surface area contributed by atoms with Crippen LogP contribution in [0.3, 0.4) is 0 Å². The highest BCUT2D eigenvalue weighted by molar-refractivity contribution is 6.17. The van der Waals surface area contributed by atoms with Gasteiger partial charge in [-0.05, 0) is 13.8 Å². The zero-order chi connectivity index (χ0) is 6.41. The van der Waals surface area contributed by atoms with Crippen molar-refractivity contribution in [3.63, 3.8) is 0 Å². The largest absolute Gasteiger partial charge is 0.350 e. The Morgan fingerprint density at radius 2 is 2.38 bits per heavy atom. The molecule has 0 heterocycles. The molecule has 1 nitrogen and oxygen atoms in total. The summed E-state index contributed by atoms with van der Waals surface area (Å²) in [5.41, 5.74) is 0. The van der Waals surface area contributed by atoms with Gasteiger partial charge in [0, 0.05) is 0 Å². The second kappa shape index (κ2) is 4.96. The first kappa shape index (κ1) is 7.81. The van der Waals surface area contributed by atoms with Crippen molar-refractivity contribution in [1.82, 2.24) is 0 Å². The van der Waals surface area contributed by atoms with Crippen LogP contribution in [0.1, 0.15) is 13.8 Å². The van der Waals surface area contributed by atoms with Crippen LogP contribution in [-0.4, -0.2) is 12.2 Å². The Balaban J connectivity index is 3.27. The molecule has 0 fully saturated rings. The third-order valence-corrected chi connectivity index (χ3v) is 0.787. The first-order valence-corrected chi connectivity index (χ1v) is 2.94. The van der Waals surface area contributed by atoms with Crippen LogP contribution in [-0.2, 0) is 4.74 Å². The summed E-state index contributed by atoms with van der Waals surface area (Å²) in [6.07, 6.45) is -0.0301. The molecule has 1 atom stereocenters. The van der Waals surface area contributed by atoms with E-state index in [1.54, 1.807) is 6.92 Å². The van der Waals surface area contributed by atoms with Crippen LogP contribution in [0, 0.1) is 11.8 Å². The van der Waals surface area contributed by atoms with Crippen molar-refractivity contribution in [3.8, 4) is 11.8 Å². The predicted molar refractivity (Wildman–Crippen MR) is 34.7 cm³/mol. The predicted octanol–water partition coefficient (Wildman–Crippen LogP) is 1.61. The second-order valence-electron chi connectivity index (χ2n) is 1.31. The van der Waals surface area contributed by atoms with Crippen LogP contribution in [0.5, 0.6) is 0 Å². The van der Waals surface area contributed by atoms with Crippen molar-refractivity contribution in [2.24, 2.45) is 0 Å². The van der Waals surface area contributed by atoms with Gasteiger partial charge in [0.1, 0.15) is 12.2 Å². The van der Waals surface area contributed by atoms with Crippen LogP contribution < -0.4 is 0 Å². The minimum Gasteiger partial charge on any atom is -0.350 e. The zero-order valence-corrected chi connectivity index (χ0v) is 5.83. The monoisotopic (exact) mass is 132 g/mol. The van der Waals surface area contributed by atoms with E-state index in [0.29, 0.717) is 0 Å². The summed E-state index contributed by atoms with van der Waals surface area (Å²) < 4.78 is 4.87. The molecule has 0 rings (SSSR count). The quantitative estimate of drug-likeness (QED) is 0.410. The second-order valence-corrected chi connectivity index (χ2v) is 1.53. The number of hydrogen-bond acceptors (Lipinski definition) is 1. The molecule has 0 bridgehead atoms. The standard InChI is InChI=1S/C6H9ClO/c1-3-4-6(2)8-5-7/h6H,5H2,1-2H3. The van der Waals surface area contributed by atoms with E-state index in [2.05, 4.69) is 11.8 Å². The molecule has 0 spiro atoms. The van der Waals surface area contributed by atoms with Crippen LogP contribution in [0.15, 0.2) is 0 Å². The van der Waals surface area contributed by atoms with E-state index in [-0.39, 0.29) is 12.2 Å². The highest BCUT2D eigenvalue weighted by Gasteiger charge is 1.90. The molecular formula is C6H9ClO. The van der Waals surface area contributed by atoms with Crippen LogP contribution in [0.4, 0.5) is 0 Å². The molecule has 8 heavy (non-hydrogen) atoms. The van der Waals surface area contributed by atoms with Crippen molar-refractivity contribution < 1.29 is 4.74 Å². The normalized spacial score (nSPS) is 11.9. The minimum absolute atomic E-state index is 0.0301. The topological polar surface area (TPSA) is 9.23 Å². The van der Waals surface area contributed by atoms with Gasteiger partial charge in [-0.3, -0.25) is 0 Å². The summed E-state index contributed by atoms with van der Waals surface area (Å²) in [5.74, 6) is 5.51. The minimum atomic E-state index is -0.0301. The summed E-state index contributed by atoms with van der Waals surface area (Å²) >= 11 is 5.24. The lowest BCUT2D eigenvalue weighted by atomic mass is 10.4. The van der Waals surface area contributed by atoms with Gasteiger partial charge in [-0.1, -0.05) is 17.5 Å². The molecule has 0 aromatic carbocycles. The van der Waals surface area contributed by atoms with Gasteiger partial charge in [0.25, 0.3) is 0 Å². The lowest BCUT2D eigenvalue weighted by Crippen LogP contribution is -2.02. The Kier molecular flexibility index (Phi) is 4.84. The maximum absolute atomic E-state index is 5.24. The fourth-order valence-corrected chi connectivity index (χ4v) is 0.528. The van der Waals surface area contributed by atoms with E-state index in [4.69, 9.17) is 16.3 Å². The van der Waals surface area contributed by atoms with Gasteiger partial charge in [-0.2, -0.15) is 0 Å². The maximum Gasteiger partial charge on any atom is 0.122 e. The highest BCUT2D eigenvalue weighted by atomic mass is 35.5. The first-order chi connectivity index (χ1) is 3.81. The van der Waals surface area contributed by atoms with Crippen LogP contribution in [0.25, 0.3) is 0 Å². The van der Waals surface area contributed by atoms with Crippen molar-refractivity contribution in [2.45, 2.75) is 20.0 Å². The number of hydrogen-bond donors (Lipinski definition) is 0.